The number of fused-ring (bicyclic) bond motifs is 1. The summed E-state index contributed by atoms with van der Waals surface area (Å²) in [6, 6.07) is -0.238. The zero-order valence-electron chi connectivity index (χ0n) is 7.30. The lowest BCUT2D eigenvalue weighted by molar-refractivity contribution is 0.236. The second-order valence-electron chi connectivity index (χ2n) is 3.02. The number of aliphatic hydroxyl groups excluding tert-OH is 1. The van der Waals surface area contributed by atoms with E-state index in [4.69, 9.17) is 16.6 Å². The summed E-state index contributed by atoms with van der Waals surface area (Å²) < 4.78 is 1.40. The van der Waals surface area contributed by atoms with Crippen molar-refractivity contribution in [3.63, 3.8) is 0 Å². The van der Waals surface area contributed by atoms with Crippen LogP contribution in [0.4, 0.5) is 11.5 Å². The third-order valence-corrected chi connectivity index (χ3v) is 3.23. The second-order valence-corrected chi connectivity index (χ2v) is 4.00. The van der Waals surface area contributed by atoms with Gasteiger partial charge < -0.3 is 16.6 Å². The van der Waals surface area contributed by atoms with Crippen LogP contribution in [0.2, 0.25) is 0 Å². The topological polar surface area (TPSA) is 107 Å². The van der Waals surface area contributed by atoms with Gasteiger partial charge >= 0.3 is 0 Å². The highest BCUT2D eigenvalue weighted by Gasteiger charge is 2.26. The highest BCUT2D eigenvalue weighted by atomic mass is 32.2. The van der Waals surface area contributed by atoms with Crippen LogP contribution in [0.25, 0.3) is 0 Å². The first-order chi connectivity index (χ1) is 6.65. The molecule has 76 valence electrons. The molecule has 1 aromatic heterocycles. The maximum Gasteiger partial charge on any atom is 0.279 e. The van der Waals surface area contributed by atoms with Crippen LogP contribution in [0.15, 0.2) is 9.95 Å². The second kappa shape index (κ2) is 3.18. The first-order valence-corrected chi connectivity index (χ1v) is 5.05. The van der Waals surface area contributed by atoms with Crippen molar-refractivity contribution in [3.05, 3.63) is 10.4 Å². The minimum absolute atomic E-state index is 0.0466. The number of aromatic nitrogens is 2. The summed E-state index contributed by atoms with van der Waals surface area (Å²) in [7, 11) is 0. The summed E-state index contributed by atoms with van der Waals surface area (Å²) >= 11 is 1.39. The third-order valence-electron chi connectivity index (χ3n) is 2.13. The fourth-order valence-electron chi connectivity index (χ4n) is 1.35. The molecule has 14 heavy (non-hydrogen) atoms. The Balaban J connectivity index is 2.66. The van der Waals surface area contributed by atoms with Crippen molar-refractivity contribution < 1.29 is 5.11 Å². The predicted molar refractivity (Wildman–Crippen MR) is 54.2 cm³/mol. The van der Waals surface area contributed by atoms with E-state index in [0.717, 1.165) is 0 Å². The van der Waals surface area contributed by atoms with Gasteiger partial charge in [-0.25, -0.2) is 4.98 Å². The van der Waals surface area contributed by atoms with Crippen LogP contribution in [0, 0.1) is 0 Å². The Morgan fingerprint density at radius 2 is 2.36 bits per heavy atom. The Morgan fingerprint density at radius 1 is 1.64 bits per heavy atom. The van der Waals surface area contributed by atoms with Gasteiger partial charge in [0.15, 0.2) is 11.0 Å². The average molecular weight is 214 g/mol. The summed E-state index contributed by atoms with van der Waals surface area (Å²) in [5.41, 5.74) is 10.5. The average Bonchev–Trinajstić information content (AvgIpc) is 2.57. The van der Waals surface area contributed by atoms with Crippen LogP contribution in [0.3, 0.4) is 0 Å². The molecule has 0 fully saturated rings. The van der Waals surface area contributed by atoms with Gasteiger partial charge in [-0.3, -0.25) is 9.36 Å². The Kier molecular flexibility index (Phi) is 2.12. The lowest BCUT2D eigenvalue weighted by Crippen LogP contribution is -2.29. The fraction of sp³-hybridized carbons (Fsp3) is 0.429. The quantitative estimate of drug-likeness (QED) is 0.520. The molecular formula is C7H10N4O2S. The standard InChI is InChI=1S/C7H10N4O2S/c8-4-5(9)10-7-11(6(4)13)3(1-12)2-14-7/h3,12H,1-2,8-9H2. The zero-order chi connectivity index (χ0) is 10.3. The Morgan fingerprint density at radius 3 is 3.00 bits per heavy atom. The van der Waals surface area contributed by atoms with E-state index in [1.807, 2.05) is 0 Å². The molecule has 2 heterocycles. The summed E-state index contributed by atoms with van der Waals surface area (Å²) in [6.45, 7) is -0.0923. The lowest BCUT2D eigenvalue weighted by atomic mass is 10.3. The first kappa shape index (κ1) is 9.35. The smallest absolute Gasteiger partial charge is 0.279 e. The van der Waals surface area contributed by atoms with Crippen LogP contribution < -0.4 is 17.0 Å². The molecule has 0 aliphatic carbocycles. The van der Waals surface area contributed by atoms with Gasteiger partial charge in [0.1, 0.15) is 5.69 Å². The Hall–Kier alpha value is -1.21. The van der Waals surface area contributed by atoms with Gasteiger partial charge in [-0.15, -0.1) is 0 Å². The molecular weight excluding hydrogens is 204 g/mol. The largest absolute Gasteiger partial charge is 0.394 e. The summed E-state index contributed by atoms with van der Waals surface area (Å²) in [6.07, 6.45) is 0. The molecule has 5 N–H and O–H groups in total. The van der Waals surface area contributed by atoms with E-state index in [2.05, 4.69) is 4.98 Å². The van der Waals surface area contributed by atoms with Crippen molar-refractivity contribution in [2.24, 2.45) is 0 Å². The third kappa shape index (κ3) is 1.17. The SMILES string of the molecule is Nc1nc2n(c(=O)c1N)C(CO)CS2. The maximum absolute atomic E-state index is 11.6. The van der Waals surface area contributed by atoms with Crippen LogP contribution in [-0.4, -0.2) is 27.0 Å². The van der Waals surface area contributed by atoms with E-state index in [-0.39, 0.29) is 29.7 Å². The number of aliphatic hydroxyl groups is 1. The molecule has 0 saturated heterocycles. The van der Waals surface area contributed by atoms with Crippen molar-refractivity contribution >= 4 is 23.3 Å². The monoisotopic (exact) mass is 214 g/mol. The molecule has 0 amide bonds. The molecule has 2 rings (SSSR count). The molecule has 1 aliphatic heterocycles. The number of anilines is 2. The number of thioether (sulfide) groups is 1. The number of hydrogen-bond acceptors (Lipinski definition) is 6. The molecule has 1 atom stereocenters. The van der Waals surface area contributed by atoms with Gasteiger partial charge in [0, 0.05) is 5.75 Å². The minimum atomic E-state index is -0.364. The summed E-state index contributed by atoms with van der Waals surface area (Å²) in [5, 5.41) is 9.55. The van der Waals surface area contributed by atoms with Gasteiger partial charge in [0.25, 0.3) is 5.56 Å². The normalized spacial score (nSPS) is 19.6. The van der Waals surface area contributed by atoms with E-state index in [1.165, 1.54) is 16.3 Å². The number of rotatable bonds is 1. The first-order valence-electron chi connectivity index (χ1n) is 4.06. The van der Waals surface area contributed by atoms with Crippen molar-refractivity contribution in [3.8, 4) is 0 Å². The van der Waals surface area contributed by atoms with Gasteiger partial charge in [0.05, 0.1) is 12.6 Å². The molecule has 0 aromatic carbocycles. The van der Waals surface area contributed by atoms with E-state index >= 15 is 0 Å². The zero-order valence-corrected chi connectivity index (χ0v) is 8.12. The number of nitrogens with two attached hydrogens (primary N) is 2. The van der Waals surface area contributed by atoms with Crippen LogP contribution >= 0.6 is 11.8 Å². The van der Waals surface area contributed by atoms with Crippen molar-refractivity contribution in [1.82, 2.24) is 9.55 Å². The summed E-state index contributed by atoms with van der Waals surface area (Å²) in [5.74, 6) is 0.689. The van der Waals surface area contributed by atoms with Crippen LogP contribution in [0.5, 0.6) is 0 Å². The van der Waals surface area contributed by atoms with Gasteiger partial charge in [-0.1, -0.05) is 11.8 Å². The van der Waals surface area contributed by atoms with Gasteiger partial charge in [0.2, 0.25) is 0 Å². The molecule has 0 spiro atoms. The molecule has 1 aromatic rings. The van der Waals surface area contributed by atoms with E-state index in [9.17, 15) is 4.79 Å². The molecule has 0 saturated carbocycles. The van der Waals surface area contributed by atoms with Crippen LogP contribution in [-0.2, 0) is 0 Å². The van der Waals surface area contributed by atoms with Gasteiger partial charge in [-0.2, -0.15) is 0 Å². The van der Waals surface area contributed by atoms with E-state index < -0.39 is 0 Å². The van der Waals surface area contributed by atoms with E-state index in [1.54, 1.807) is 0 Å². The summed E-state index contributed by atoms with van der Waals surface area (Å²) in [4.78, 5) is 15.6. The van der Waals surface area contributed by atoms with Crippen LogP contribution in [0.1, 0.15) is 6.04 Å². The molecule has 7 heteroatoms. The lowest BCUT2D eigenvalue weighted by Gasteiger charge is -2.10. The number of nitrogens with zero attached hydrogens (tertiary/aromatic N) is 2. The van der Waals surface area contributed by atoms with Crippen molar-refractivity contribution in [2.45, 2.75) is 11.2 Å². The Bertz CT molecular complexity index is 430. The molecule has 0 radical (unpaired) electrons. The molecule has 6 nitrogen and oxygen atoms in total. The number of nitrogen functional groups attached to an aromatic ring is 2. The minimum Gasteiger partial charge on any atom is -0.394 e. The molecule has 1 aliphatic rings. The van der Waals surface area contributed by atoms with Gasteiger partial charge in [-0.05, 0) is 0 Å². The highest BCUT2D eigenvalue weighted by Crippen LogP contribution is 2.30. The Labute approximate surface area is 83.9 Å². The predicted octanol–water partition coefficient (Wildman–Crippen LogP) is -0.953. The number of hydrogen-bond donors (Lipinski definition) is 3. The van der Waals surface area contributed by atoms with Crippen molar-refractivity contribution in [2.75, 3.05) is 23.8 Å². The maximum atomic E-state index is 11.6. The van der Waals surface area contributed by atoms with Crippen molar-refractivity contribution in [1.29, 1.82) is 0 Å². The highest BCUT2D eigenvalue weighted by molar-refractivity contribution is 7.99. The fourth-order valence-corrected chi connectivity index (χ4v) is 2.48. The van der Waals surface area contributed by atoms with E-state index in [0.29, 0.717) is 10.9 Å². The molecule has 0 bridgehead atoms. The molecule has 1 unspecified atom stereocenters.